The predicted octanol–water partition coefficient (Wildman–Crippen LogP) is 6.86. The molecule has 118 valence electrons. The van der Waals surface area contributed by atoms with Crippen molar-refractivity contribution in [3.05, 3.63) is 0 Å². The molecule has 0 aromatic rings. The molecule has 2 heteroatoms. The SMILES string of the molecule is CCC[CH2][Sn]([CH2]CCC)([CH2]CCC)[CH](C)C#CCCCl. The molecule has 0 saturated carbocycles. The fraction of sp³-hybridized carbons (Fsp3) is 0.889. The van der Waals surface area contributed by atoms with Crippen LogP contribution in [0.5, 0.6) is 0 Å². The minimum atomic E-state index is -2.09. The molecule has 0 radical (unpaired) electrons. The molecule has 0 spiro atoms. The first-order chi connectivity index (χ1) is 9.66. The second-order valence-corrected chi connectivity index (χ2v) is 21.1. The first kappa shape index (κ1) is 20.6. The fourth-order valence-electron chi connectivity index (χ4n) is 3.04. The van der Waals surface area contributed by atoms with Crippen molar-refractivity contribution in [3.8, 4) is 11.8 Å². The summed E-state index contributed by atoms with van der Waals surface area (Å²) in [7, 11) is 0. The van der Waals surface area contributed by atoms with Gasteiger partial charge in [-0.15, -0.1) is 0 Å². The molecule has 0 aliphatic carbocycles. The van der Waals surface area contributed by atoms with E-state index in [1.54, 1.807) is 13.3 Å². The molecule has 1 unspecified atom stereocenters. The van der Waals surface area contributed by atoms with Crippen LogP contribution in [0.4, 0.5) is 0 Å². The van der Waals surface area contributed by atoms with Crippen LogP contribution in [0, 0.1) is 11.8 Å². The molecule has 1 atom stereocenters. The van der Waals surface area contributed by atoms with E-state index in [1.165, 1.54) is 38.5 Å². The summed E-state index contributed by atoms with van der Waals surface area (Å²) < 4.78 is 5.39. The van der Waals surface area contributed by atoms with Crippen molar-refractivity contribution >= 4 is 30.0 Å². The summed E-state index contributed by atoms with van der Waals surface area (Å²) in [6.45, 7) is 9.44. The molecule has 0 nitrogen and oxygen atoms in total. The van der Waals surface area contributed by atoms with Gasteiger partial charge in [-0.05, 0) is 0 Å². The summed E-state index contributed by atoms with van der Waals surface area (Å²) in [4.78, 5) is 0. The Morgan fingerprint density at radius 3 is 1.70 bits per heavy atom. The number of hydrogen-bond donors (Lipinski definition) is 0. The zero-order valence-electron chi connectivity index (χ0n) is 14.2. The Morgan fingerprint density at radius 1 is 0.900 bits per heavy atom. The van der Waals surface area contributed by atoms with Crippen LogP contribution >= 0.6 is 11.6 Å². The summed E-state index contributed by atoms with van der Waals surface area (Å²) in [5.41, 5.74) is 0. The maximum absolute atomic E-state index is 5.76. The van der Waals surface area contributed by atoms with Gasteiger partial charge in [-0.1, -0.05) is 0 Å². The van der Waals surface area contributed by atoms with Gasteiger partial charge in [0.25, 0.3) is 0 Å². The van der Waals surface area contributed by atoms with Crippen LogP contribution < -0.4 is 0 Å². The quantitative estimate of drug-likeness (QED) is 0.200. The van der Waals surface area contributed by atoms with E-state index in [2.05, 4.69) is 39.5 Å². The minimum absolute atomic E-state index is 0.682. The summed E-state index contributed by atoms with van der Waals surface area (Å²) in [5.74, 6) is 7.63. The number of rotatable bonds is 11. The third-order valence-electron chi connectivity index (χ3n) is 4.54. The molecule has 0 aromatic heterocycles. The van der Waals surface area contributed by atoms with E-state index in [1.807, 2.05) is 0 Å². The van der Waals surface area contributed by atoms with E-state index in [0.29, 0.717) is 5.88 Å². The average Bonchev–Trinajstić information content (AvgIpc) is 2.47. The number of unbranched alkanes of at least 4 members (excludes halogenated alkanes) is 3. The van der Waals surface area contributed by atoms with Crippen molar-refractivity contribution in [2.24, 2.45) is 0 Å². The normalized spacial score (nSPS) is 12.8. The van der Waals surface area contributed by atoms with E-state index in [9.17, 15) is 0 Å². The first-order valence-electron chi connectivity index (χ1n) is 8.71. The molecular weight excluding hydrogens is 370 g/mol. The number of halogens is 1. The molecule has 0 N–H and O–H groups in total. The third kappa shape index (κ3) is 8.18. The standard InChI is InChI=1S/C6H8Cl.3C4H9.Sn/c1-2-3-4-5-6-7;3*1-3-4-2;/h2H,5-6H2,1H3;3*1,3-4H2,2H3;. The molecule has 0 saturated heterocycles. The number of alkyl halides is 1. The van der Waals surface area contributed by atoms with E-state index in [0.717, 1.165) is 10.4 Å². The van der Waals surface area contributed by atoms with Gasteiger partial charge in [0.1, 0.15) is 0 Å². The van der Waals surface area contributed by atoms with Gasteiger partial charge in [-0.25, -0.2) is 0 Å². The second kappa shape index (κ2) is 13.3. The van der Waals surface area contributed by atoms with Gasteiger partial charge in [-0.2, -0.15) is 0 Å². The molecule has 0 aromatic carbocycles. The summed E-state index contributed by atoms with van der Waals surface area (Å²) >= 11 is 3.68. The molecular formula is C18H35ClSn. The van der Waals surface area contributed by atoms with Crippen LogP contribution in [0.3, 0.4) is 0 Å². The Labute approximate surface area is 137 Å². The van der Waals surface area contributed by atoms with Gasteiger partial charge in [-0.3, -0.25) is 0 Å². The topological polar surface area (TPSA) is 0 Å². The van der Waals surface area contributed by atoms with Crippen molar-refractivity contribution in [3.63, 3.8) is 0 Å². The third-order valence-corrected chi connectivity index (χ3v) is 21.9. The molecule has 0 aliphatic rings. The van der Waals surface area contributed by atoms with Crippen LogP contribution in [0.25, 0.3) is 0 Å². The van der Waals surface area contributed by atoms with E-state index in [-0.39, 0.29) is 0 Å². The van der Waals surface area contributed by atoms with Crippen molar-refractivity contribution in [1.29, 1.82) is 0 Å². The Kier molecular flexibility index (Phi) is 13.8. The Morgan fingerprint density at radius 2 is 1.35 bits per heavy atom. The number of hydrogen-bond acceptors (Lipinski definition) is 0. The zero-order chi connectivity index (χ0) is 15.3. The Hall–Kier alpha value is 0.649. The van der Waals surface area contributed by atoms with Crippen molar-refractivity contribution in [1.82, 2.24) is 0 Å². The van der Waals surface area contributed by atoms with Gasteiger partial charge < -0.3 is 0 Å². The van der Waals surface area contributed by atoms with Crippen molar-refractivity contribution in [2.75, 3.05) is 5.88 Å². The molecule has 0 fully saturated rings. The Bertz CT molecular complexity index is 255. The van der Waals surface area contributed by atoms with E-state index < -0.39 is 18.4 Å². The average molecular weight is 406 g/mol. The molecule has 0 bridgehead atoms. The van der Waals surface area contributed by atoms with E-state index >= 15 is 0 Å². The summed E-state index contributed by atoms with van der Waals surface area (Å²) in [5, 5.41) is 0. The van der Waals surface area contributed by atoms with Gasteiger partial charge in [0.15, 0.2) is 0 Å². The Balaban J connectivity index is 4.95. The predicted molar refractivity (Wildman–Crippen MR) is 97.4 cm³/mol. The van der Waals surface area contributed by atoms with Gasteiger partial charge in [0, 0.05) is 0 Å². The monoisotopic (exact) mass is 406 g/mol. The van der Waals surface area contributed by atoms with Crippen LogP contribution in [0.2, 0.25) is 17.2 Å². The molecule has 20 heavy (non-hydrogen) atoms. The molecule has 0 amide bonds. The fourth-order valence-corrected chi connectivity index (χ4v) is 19.2. The maximum atomic E-state index is 5.76. The van der Waals surface area contributed by atoms with Crippen LogP contribution in [0.1, 0.15) is 72.6 Å². The first-order valence-corrected chi connectivity index (χ1v) is 16.9. The summed E-state index contributed by atoms with van der Waals surface area (Å²) in [6.07, 6.45) is 9.21. The van der Waals surface area contributed by atoms with E-state index in [4.69, 9.17) is 11.6 Å². The molecule has 0 aliphatic heterocycles. The molecule has 0 rings (SSSR count). The zero-order valence-corrected chi connectivity index (χ0v) is 17.8. The van der Waals surface area contributed by atoms with Gasteiger partial charge in [0.05, 0.1) is 0 Å². The van der Waals surface area contributed by atoms with Crippen molar-refractivity contribution in [2.45, 2.75) is 89.9 Å². The van der Waals surface area contributed by atoms with Crippen LogP contribution in [-0.2, 0) is 0 Å². The van der Waals surface area contributed by atoms with Crippen molar-refractivity contribution < 1.29 is 0 Å². The van der Waals surface area contributed by atoms with Gasteiger partial charge >= 0.3 is 138 Å². The molecule has 0 heterocycles. The van der Waals surface area contributed by atoms with Crippen LogP contribution in [-0.4, -0.2) is 24.3 Å². The van der Waals surface area contributed by atoms with Crippen LogP contribution in [0.15, 0.2) is 0 Å². The summed E-state index contributed by atoms with van der Waals surface area (Å²) in [6, 6.07) is 0. The van der Waals surface area contributed by atoms with Gasteiger partial charge in [0.2, 0.25) is 0 Å². The second-order valence-electron chi connectivity index (χ2n) is 6.15.